The van der Waals surface area contributed by atoms with Gasteiger partial charge in [-0.1, -0.05) is 6.92 Å². The number of aromatic nitrogens is 1. The molecular weight excluding hydrogens is 248 g/mol. The van der Waals surface area contributed by atoms with E-state index < -0.39 is 0 Å². The Labute approximate surface area is 112 Å². The summed E-state index contributed by atoms with van der Waals surface area (Å²) in [6.45, 7) is 7.48. The number of carbonyl (C=O) groups excluding carboxylic acids is 1. The first-order valence-corrected chi connectivity index (χ1v) is 7.34. The van der Waals surface area contributed by atoms with Gasteiger partial charge in [0.25, 0.3) is 0 Å². The van der Waals surface area contributed by atoms with Crippen molar-refractivity contribution in [2.75, 3.05) is 26.2 Å². The quantitative estimate of drug-likeness (QED) is 0.815. The number of carbonyl (C=O) groups is 1. The Hall–Kier alpha value is -0.780. The number of Topliss-reactive ketones (excluding diaryl/α,β-unsaturated/α-hetero) is 1. The van der Waals surface area contributed by atoms with Crippen LogP contribution in [0.2, 0.25) is 0 Å². The SMILES string of the molecule is CCCN1CCOC(C(=O)Cc2nc(C)cs2)C1. The van der Waals surface area contributed by atoms with Crippen LogP contribution in [-0.4, -0.2) is 48.0 Å². The molecule has 0 N–H and O–H groups in total. The van der Waals surface area contributed by atoms with Gasteiger partial charge >= 0.3 is 0 Å². The van der Waals surface area contributed by atoms with Gasteiger partial charge in [-0.2, -0.15) is 0 Å². The fourth-order valence-electron chi connectivity index (χ4n) is 2.16. The normalized spacial score (nSPS) is 21.1. The molecule has 1 saturated heterocycles. The highest BCUT2D eigenvalue weighted by Gasteiger charge is 2.26. The summed E-state index contributed by atoms with van der Waals surface area (Å²) < 4.78 is 5.58. The molecule has 1 aliphatic heterocycles. The Bertz CT molecular complexity index is 403. The van der Waals surface area contributed by atoms with Crippen LogP contribution in [0.3, 0.4) is 0 Å². The fourth-order valence-corrected chi connectivity index (χ4v) is 2.95. The second kappa shape index (κ2) is 6.41. The minimum Gasteiger partial charge on any atom is -0.368 e. The van der Waals surface area contributed by atoms with Crippen LogP contribution >= 0.6 is 11.3 Å². The molecule has 1 aromatic heterocycles. The van der Waals surface area contributed by atoms with E-state index in [0.29, 0.717) is 13.0 Å². The van der Waals surface area contributed by atoms with Gasteiger partial charge in [0, 0.05) is 24.2 Å². The maximum atomic E-state index is 12.1. The van der Waals surface area contributed by atoms with Crippen molar-refractivity contribution in [3.63, 3.8) is 0 Å². The Kier molecular flexibility index (Phi) is 4.86. The topological polar surface area (TPSA) is 42.4 Å². The lowest BCUT2D eigenvalue weighted by Crippen LogP contribution is -2.46. The zero-order chi connectivity index (χ0) is 13.0. The predicted molar refractivity (Wildman–Crippen MR) is 72.0 cm³/mol. The maximum Gasteiger partial charge on any atom is 0.169 e. The first-order valence-electron chi connectivity index (χ1n) is 6.46. The van der Waals surface area contributed by atoms with E-state index in [4.69, 9.17) is 4.74 Å². The predicted octanol–water partition coefficient (Wildman–Crippen LogP) is 1.67. The molecule has 0 radical (unpaired) electrons. The second-order valence-corrected chi connectivity index (χ2v) is 5.63. The molecule has 0 spiro atoms. The van der Waals surface area contributed by atoms with Crippen molar-refractivity contribution in [1.82, 2.24) is 9.88 Å². The standard InChI is InChI=1S/C13H20N2O2S/c1-3-4-15-5-6-17-12(8-15)11(16)7-13-14-10(2)9-18-13/h9,12H,3-8H2,1-2H3. The van der Waals surface area contributed by atoms with Crippen LogP contribution in [0.15, 0.2) is 5.38 Å². The zero-order valence-electron chi connectivity index (χ0n) is 11.0. The number of aryl methyl sites for hydroxylation is 1. The second-order valence-electron chi connectivity index (χ2n) is 4.69. The molecule has 18 heavy (non-hydrogen) atoms. The first-order chi connectivity index (χ1) is 8.69. The summed E-state index contributed by atoms with van der Waals surface area (Å²) in [5.74, 6) is 0.158. The van der Waals surface area contributed by atoms with Crippen molar-refractivity contribution in [2.45, 2.75) is 32.8 Å². The summed E-state index contributed by atoms with van der Waals surface area (Å²) in [5, 5.41) is 2.88. The Morgan fingerprint density at radius 3 is 3.17 bits per heavy atom. The first kappa shape index (κ1) is 13.6. The van der Waals surface area contributed by atoms with Crippen molar-refractivity contribution in [2.24, 2.45) is 0 Å². The highest BCUT2D eigenvalue weighted by atomic mass is 32.1. The number of nitrogens with zero attached hydrogens (tertiary/aromatic N) is 2. The van der Waals surface area contributed by atoms with E-state index in [1.165, 1.54) is 0 Å². The van der Waals surface area contributed by atoms with Crippen LogP contribution in [0.4, 0.5) is 0 Å². The van der Waals surface area contributed by atoms with Gasteiger partial charge in [0.1, 0.15) is 11.1 Å². The molecule has 0 amide bonds. The number of morpholine rings is 1. The third-order valence-corrected chi connectivity index (χ3v) is 4.01. The molecule has 1 fully saturated rings. The summed E-state index contributed by atoms with van der Waals surface area (Å²) in [6, 6.07) is 0. The van der Waals surface area contributed by atoms with Gasteiger partial charge in [0.2, 0.25) is 0 Å². The molecule has 2 rings (SSSR count). The van der Waals surface area contributed by atoms with Gasteiger partial charge in [-0.3, -0.25) is 9.69 Å². The van der Waals surface area contributed by atoms with Crippen LogP contribution in [0.1, 0.15) is 24.0 Å². The van der Waals surface area contributed by atoms with E-state index in [2.05, 4.69) is 16.8 Å². The molecule has 0 aliphatic carbocycles. The zero-order valence-corrected chi connectivity index (χ0v) is 11.8. The number of ketones is 1. The van der Waals surface area contributed by atoms with Crippen molar-refractivity contribution < 1.29 is 9.53 Å². The smallest absolute Gasteiger partial charge is 0.169 e. The highest BCUT2D eigenvalue weighted by Crippen LogP contribution is 2.13. The van der Waals surface area contributed by atoms with Crippen molar-refractivity contribution in [3.05, 3.63) is 16.1 Å². The molecule has 1 atom stereocenters. The van der Waals surface area contributed by atoms with Crippen molar-refractivity contribution in [3.8, 4) is 0 Å². The van der Waals surface area contributed by atoms with E-state index in [1.54, 1.807) is 11.3 Å². The van der Waals surface area contributed by atoms with Gasteiger partial charge in [-0.25, -0.2) is 4.98 Å². The molecule has 1 aliphatic rings. The van der Waals surface area contributed by atoms with E-state index in [0.717, 1.165) is 36.8 Å². The van der Waals surface area contributed by atoms with Crippen LogP contribution in [0, 0.1) is 6.92 Å². The molecule has 5 heteroatoms. The van der Waals surface area contributed by atoms with Crippen molar-refractivity contribution in [1.29, 1.82) is 0 Å². The third kappa shape index (κ3) is 3.60. The van der Waals surface area contributed by atoms with E-state index in [-0.39, 0.29) is 11.9 Å². The monoisotopic (exact) mass is 268 g/mol. The minimum absolute atomic E-state index is 0.158. The van der Waals surface area contributed by atoms with E-state index in [1.807, 2.05) is 12.3 Å². The number of ether oxygens (including phenoxy) is 1. The molecule has 0 aromatic carbocycles. The third-order valence-electron chi connectivity index (χ3n) is 3.04. The summed E-state index contributed by atoms with van der Waals surface area (Å²) >= 11 is 1.55. The average Bonchev–Trinajstić information content (AvgIpc) is 2.75. The minimum atomic E-state index is -0.269. The van der Waals surface area contributed by atoms with Gasteiger partial charge in [-0.15, -0.1) is 11.3 Å². The lowest BCUT2D eigenvalue weighted by molar-refractivity contribution is -0.135. The molecule has 1 unspecified atom stereocenters. The van der Waals surface area contributed by atoms with Crippen molar-refractivity contribution >= 4 is 17.1 Å². The molecule has 0 bridgehead atoms. The van der Waals surface area contributed by atoms with Crippen LogP contribution in [-0.2, 0) is 16.0 Å². The average molecular weight is 268 g/mol. The number of hydrogen-bond donors (Lipinski definition) is 0. The Morgan fingerprint density at radius 1 is 1.67 bits per heavy atom. The highest BCUT2D eigenvalue weighted by molar-refractivity contribution is 7.09. The van der Waals surface area contributed by atoms with Gasteiger partial charge < -0.3 is 4.74 Å². The fraction of sp³-hybridized carbons (Fsp3) is 0.692. The van der Waals surface area contributed by atoms with E-state index in [9.17, 15) is 4.79 Å². The van der Waals surface area contributed by atoms with Crippen LogP contribution in [0.5, 0.6) is 0 Å². The lowest BCUT2D eigenvalue weighted by atomic mass is 10.1. The molecule has 4 nitrogen and oxygen atoms in total. The molecule has 1 aromatic rings. The molecule has 0 saturated carbocycles. The summed E-state index contributed by atoms with van der Waals surface area (Å²) in [6.07, 6.45) is 1.25. The van der Waals surface area contributed by atoms with Crippen LogP contribution in [0.25, 0.3) is 0 Å². The van der Waals surface area contributed by atoms with Gasteiger partial charge in [0.15, 0.2) is 5.78 Å². The Balaban J connectivity index is 1.88. The molecular formula is C13H20N2O2S. The largest absolute Gasteiger partial charge is 0.368 e. The van der Waals surface area contributed by atoms with Gasteiger partial charge in [0.05, 0.1) is 13.0 Å². The number of thiazole rings is 1. The van der Waals surface area contributed by atoms with Crippen LogP contribution < -0.4 is 0 Å². The Morgan fingerprint density at radius 2 is 2.50 bits per heavy atom. The number of rotatable bonds is 5. The maximum absolute atomic E-state index is 12.1. The molecule has 2 heterocycles. The number of hydrogen-bond acceptors (Lipinski definition) is 5. The van der Waals surface area contributed by atoms with E-state index >= 15 is 0 Å². The summed E-state index contributed by atoms with van der Waals surface area (Å²) in [4.78, 5) is 18.8. The summed E-state index contributed by atoms with van der Waals surface area (Å²) in [7, 11) is 0. The van der Waals surface area contributed by atoms with Gasteiger partial charge in [-0.05, 0) is 19.9 Å². The lowest BCUT2D eigenvalue weighted by Gasteiger charge is -2.31. The molecule has 100 valence electrons. The summed E-state index contributed by atoms with van der Waals surface area (Å²) in [5.41, 5.74) is 0.986.